The summed E-state index contributed by atoms with van der Waals surface area (Å²) in [5.41, 5.74) is -0.683. The van der Waals surface area contributed by atoms with Crippen molar-refractivity contribution in [1.29, 1.82) is 0 Å². The van der Waals surface area contributed by atoms with E-state index in [4.69, 9.17) is 23.2 Å². The molecule has 1 atom stereocenters. The molecule has 3 amide bonds. The molecule has 2 N–H and O–H groups in total. The average molecular weight is 493 g/mol. The number of halogens is 5. The number of aromatic nitrogens is 2. The van der Waals surface area contributed by atoms with Gasteiger partial charge < -0.3 is 9.73 Å². The highest BCUT2D eigenvalue weighted by atomic mass is 35.5. The third kappa shape index (κ3) is 4.88. The Morgan fingerprint density at radius 2 is 1.78 bits per heavy atom. The number of rotatable bonds is 5. The van der Waals surface area contributed by atoms with Gasteiger partial charge in [-0.05, 0) is 38.0 Å². The van der Waals surface area contributed by atoms with E-state index in [2.05, 4.69) is 25.2 Å². The highest BCUT2D eigenvalue weighted by Crippen LogP contribution is 2.37. The molecule has 32 heavy (non-hydrogen) atoms. The fourth-order valence-electron chi connectivity index (χ4n) is 3.13. The molecule has 1 saturated heterocycles. The van der Waals surface area contributed by atoms with Crippen LogP contribution in [0, 0.1) is 0 Å². The summed E-state index contributed by atoms with van der Waals surface area (Å²) < 4.78 is 42.7. The summed E-state index contributed by atoms with van der Waals surface area (Å²) in [4.78, 5) is 36.1. The molecule has 172 valence electrons. The number of carbonyl (C=O) groups excluding carboxylic acids is 3. The number of alkyl halides is 3. The quantitative estimate of drug-likeness (QED) is 0.617. The molecule has 1 unspecified atom stereocenters. The Balaban J connectivity index is 1.72. The lowest BCUT2D eigenvalue weighted by molar-refractivity contribution is -0.158. The molecule has 1 aliphatic heterocycles. The SMILES string of the molecule is CC(C)(C(=O)NCc1cc(Cl)c(C2CCC(=O)NC2=O)c(Cl)c1)c1nnc(C(F)(F)F)o1. The molecular formula is C19H17Cl2F3N4O4. The second-order valence-electron chi connectivity index (χ2n) is 7.69. The van der Waals surface area contributed by atoms with Gasteiger partial charge in [-0.1, -0.05) is 23.2 Å². The van der Waals surface area contributed by atoms with E-state index >= 15 is 0 Å². The summed E-state index contributed by atoms with van der Waals surface area (Å²) in [6.07, 6.45) is -4.41. The molecule has 0 saturated carbocycles. The molecule has 13 heteroatoms. The fourth-order valence-corrected chi connectivity index (χ4v) is 3.93. The predicted molar refractivity (Wildman–Crippen MR) is 106 cm³/mol. The summed E-state index contributed by atoms with van der Waals surface area (Å²) in [5, 5.41) is 11.4. The van der Waals surface area contributed by atoms with Crippen molar-refractivity contribution in [1.82, 2.24) is 20.8 Å². The third-order valence-corrected chi connectivity index (χ3v) is 5.57. The summed E-state index contributed by atoms with van der Waals surface area (Å²) in [6.45, 7) is 2.61. The van der Waals surface area contributed by atoms with Gasteiger partial charge in [0.15, 0.2) is 0 Å². The van der Waals surface area contributed by atoms with Crippen molar-refractivity contribution in [3.63, 3.8) is 0 Å². The van der Waals surface area contributed by atoms with Gasteiger partial charge in [0, 0.05) is 28.6 Å². The van der Waals surface area contributed by atoms with Crippen molar-refractivity contribution >= 4 is 40.9 Å². The Morgan fingerprint density at radius 1 is 1.19 bits per heavy atom. The lowest BCUT2D eigenvalue weighted by Gasteiger charge is -2.24. The first kappa shape index (κ1) is 24.0. The number of imide groups is 1. The topological polar surface area (TPSA) is 114 Å². The highest BCUT2D eigenvalue weighted by Gasteiger charge is 2.42. The van der Waals surface area contributed by atoms with Crippen molar-refractivity contribution in [2.75, 3.05) is 0 Å². The number of nitrogens with zero attached hydrogens (tertiary/aromatic N) is 2. The number of carbonyl (C=O) groups is 3. The minimum atomic E-state index is -4.82. The summed E-state index contributed by atoms with van der Waals surface area (Å²) in [7, 11) is 0. The lowest BCUT2D eigenvalue weighted by Crippen LogP contribution is -2.40. The maximum Gasteiger partial charge on any atom is 0.470 e. The van der Waals surface area contributed by atoms with Crippen LogP contribution in [0.2, 0.25) is 10.0 Å². The van der Waals surface area contributed by atoms with Crippen LogP contribution >= 0.6 is 23.2 Å². The number of nitrogens with one attached hydrogen (secondary N) is 2. The molecule has 0 radical (unpaired) electrons. The molecule has 1 aromatic heterocycles. The van der Waals surface area contributed by atoms with E-state index < -0.39 is 41.1 Å². The largest absolute Gasteiger partial charge is 0.470 e. The first-order valence-electron chi connectivity index (χ1n) is 9.31. The number of piperidine rings is 1. The molecule has 1 fully saturated rings. The van der Waals surface area contributed by atoms with Crippen molar-refractivity contribution in [2.45, 2.75) is 50.7 Å². The molecule has 1 aliphatic rings. The van der Waals surface area contributed by atoms with Gasteiger partial charge in [-0.25, -0.2) is 0 Å². The first-order chi connectivity index (χ1) is 14.8. The number of amides is 3. The minimum Gasteiger partial charge on any atom is -0.416 e. The fraction of sp³-hybridized carbons (Fsp3) is 0.421. The van der Waals surface area contributed by atoms with E-state index in [0.717, 1.165) is 0 Å². The molecule has 0 bridgehead atoms. The van der Waals surface area contributed by atoms with Crippen LogP contribution in [-0.2, 0) is 32.5 Å². The minimum absolute atomic E-state index is 0.0579. The number of hydrogen-bond donors (Lipinski definition) is 2. The van der Waals surface area contributed by atoms with Crippen LogP contribution in [0.3, 0.4) is 0 Å². The zero-order chi connectivity index (χ0) is 23.8. The van der Waals surface area contributed by atoms with Crippen LogP contribution in [-0.4, -0.2) is 27.9 Å². The third-order valence-electron chi connectivity index (χ3n) is 4.95. The first-order valence-corrected chi connectivity index (χ1v) is 10.1. The number of benzene rings is 1. The zero-order valence-corrected chi connectivity index (χ0v) is 18.3. The summed E-state index contributed by atoms with van der Waals surface area (Å²) >= 11 is 12.6. The Labute approximate surface area is 189 Å². The Bertz CT molecular complexity index is 1060. The molecule has 0 spiro atoms. The van der Waals surface area contributed by atoms with Crippen molar-refractivity contribution in [3.8, 4) is 0 Å². The monoisotopic (exact) mass is 492 g/mol. The van der Waals surface area contributed by atoms with Crippen LogP contribution in [0.4, 0.5) is 13.2 Å². The summed E-state index contributed by atoms with van der Waals surface area (Å²) in [5.74, 6) is -4.26. The standard InChI is InChI=1S/C19H17Cl2F3N4O4/c1-18(2,16-27-28-17(32-16)19(22,23)24)15(31)25-7-8-5-10(20)13(11(21)6-8)9-3-4-12(29)26-14(9)30/h5-6,9H,3-4,7H2,1-2H3,(H,25,31)(H,26,29,30). The van der Waals surface area contributed by atoms with E-state index in [1.54, 1.807) is 0 Å². The second kappa shape index (κ2) is 8.70. The maximum atomic E-state index is 12.7. The molecular weight excluding hydrogens is 476 g/mol. The molecule has 0 aliphatic carbocycles. The van der Waals surface area contributed by atoms with Gasteiger partial charge in [0.25, 0.3) is 0 Å². The van der Waals surface area contributed by atoms with Crippen molar-refractivity contribution < 1.29 is 32.0 Å². The molecule has 8 nitrogen and oxygen atoms in total. The van der Waals surface area contributed by atoms with Crippen LogP contribution in [0.1, 0.15) is 55.5 Å². The van der Waals surface area contributed by atoms with E-state index in [1.165, 1.54) is 26.0 Å². The molecule has 3 rings (SSSR count). The van der Waals surface area contributed by atoms with Gasteiger partial charge in [0.1, 0.15) is 5.41 Å². The zero-order valence-electron chi connectivity index (χ0n) is 16.8. The van der Waals surface area contributed by atoms with Gasteiger partial charge in [-0.2, -0.15) is 13.2 Å². The van der Waals surface area contributed by atoms with Crippen LogP contribution in [0.25, 0.3) is 0 Å². The highest BCUT2D eigenvalue weighted by molar-refractivity contribution is 6.36. The molecule has 2 aromatic rings. The second-order valence-corrected chi connectivity index (χ2v) is 8.51. The molecule has 2 heterocycles. The van der Waals surface area contributed by atoms with Gasteiger partial charge in [0.2, 0.25) is 23.6 Å². The Kier molecular flexibility index (Phi) is 6.52. The van der Waals surface area contributed by atoms with Gasteiger partial charge >= 0.3 is 12.1 Å². The Hall–Kier alpha value is -2.66. The van der Waals surface area contributed by atoms with E-state index in [-0.39, 0.29) is 35.3 Å². The van der Waals surface area contributed by atoms with Crippen LogP contribution in [0.5, 0.6) is 0 Å². The van der Waals surface area contributed by atoms with Crippen molar-refractivity contribution in [3.05, 3.63) is 45.1 Å². The lowest BCUT2D eigenvalue weighted by atomic mass is 9.89. The number of hydrogen-bond acceptors (Lipinski definition) is 6. The van der Waals surface area contributed by atoms with Gasteiger partial charge in [-0.15, -0.1) is 10.2 Å². The van der Waals surface area contributed by atoms with Crippen molar-refractivity contribution in [2.24, 2.45) is 0 Å². The average Bonchev–Trinajstić information content (AvgIpc) is 3.18. The van der Waals surface area contributed by atoms with E-state index in [1.807, 2.05) is 0 Å². The molecule has 1 aromatic carbocycles. The van der Waals surface area contributed by atoms with Crippen LogP contribution in [0.15, 0.2) is 16.5 Å². The van der Waals surface area contributed by atoms with Gasteiger partial charge in [0.05, 0.1) is 5.92 Å². The van der Waals surface area contributed by atoms with E-state index in [0.29, 0.717) is 11.1 Å². The van der Waals surface area contributed by atoms with Gasteiger partial charge in [-0.3, -0.25) is 19.7 Å². The Morgan fingerprint density at radius 3 is 2.31 bits per heavy atom. The van der Waals surface area contributed by atoms with E-state index in [9.17, 15) is 27.6 Å². The van der Waals surface area contributed by atoms with Crippen LogP contribution < -0.4 is 10.6 Å². The summed E-state index contributed by atoms with van der Waals surface area (Å²) in [6, 6.07) is 3.02. The normalized spacial score (nSPS) is 17.3. The smallest absolute Gasteiger partial charge is 0.416 e. The predicted octanol–water partition coefficient (Wildman–Crippen LogP) is 3.51. The maximum absolute atomic E-state index is 12.7.